The predicted octanol–water partition coefficient (Wildman–Crippen LogP) is 1.74. The zero-order valence-corrected chi connectivity index (χ0v) is 11.5. The molecule has 0 atom stereocenters. The van der Waals surface area contributed by atoms with E-state index in [1.807, 2.05) is 6.07 Å². The maximum absolute atomic E-state index is 11.3. The molecule has 2 fully saturated rings. The van der Waals surface area contributed by atoms with Crippen molar-refractivity contribution in [3.63, 3.8) is 0 Å². The second-order valence-corrected chi connectivity index (χ2v) is 6.06. The minimum absolute atomic E-state index is 0.0707. The summed E-state index contributed by atoms with van der Waals surface area (Å²) in [5.41, 5.74) is 5.94. The van der Waals surface area contributed by atoms with E-state index in [2.05, 4.69) is 5.32 Å². The Morgan fingerprint density at radius 2 is 1.90 bits per heavy atom. The zero-order chi connectivity index (χ0) is 15.0. The van der Waals surface area contributed by atoms with Crippen molar-refractivity contribution in [2.75, 3.05) is 0 Å². The highest BCUT2D eigenvalue weighted by Crippen LogP contribution is 2.56. The van der Waals surface area contributed by atoms with Crippen LogP contribution in [0.25, 0.3) is 0 Å². The van der Waals surface area contributed by atoms with Gasteiger partial charge in [0, 0.05) is 6.04 Å². The van der Waals surface area contributed by atoms with Gasteiger partial charge in [0.1, 0.15) is 5.75 Å². The zero-order valence-electron chi connectivity index (χ0n) is 11.5. The normalized spacial score (nSPS) is 30.1. The Morgan fingerprint density at radius 3 is 2.52 bits per heavy atom. The van der Waals surface area contributed by atoms with Crippen LogP contribution in [0, 0.1) is 5.41 Å². The van der Waals surface area contributed by atoms with E-state index in [9.17, 15) is 9.59 Å². The average Bonchev–Trinajstić information content (AvgIpc) is 2.33. The third kappa shape index (κ3) is 2.66. The van der Waals surface area contributed by atoms with Crippen molar-refractivity contribution >= 4 is 12.0 Å². The van der Waals surface area contributed by atoms with Crippen LogP contribution in [0.15, 0.2) is 24.3 Å². The van der Waals surface area contributed by atoms with E-state index in [0.29, 0.717) is 11.3 Å². The largest absolute Gasteiger partial charge is 0.490 e. The predicted molar refractivity (Wildman–Crippen MR) is 75.2 cm³/mol. The minimum atomic E-state index is -0.961. The Hall–Kier alpha value is -2.24. The third-order valence-corrected chi connectivity index (χ3v) is 4.45. The third-order valence-electron chi connectivity index (χ3n) is 4.45. The lowest BCUT2D eigenvalue weighted by atomic mass is 9.53. The second-order valence-electron chi connectivity index (χ2n) is 6.06. The van der Waals surface area contributed by atoms with Crippen molar-refractivity contribution in [2.45, 2.75) is 37.8 Å². The van der Waals surface area contributed by atoms with E-state index < -0.39 is 12.0 Å². The Morgan fingerprint density at radius 1 is 1.24 bits per heavy atom. The van der Waals surface area contributed by atoms with E-state index in [1.54, 1.807) is 18.2 Å². The molecule has 2 amide bonds. The van der Waals surface area contributed by atoms with Gasteiger partial charge in [-0.1, -0.05) is 12.1 Å². The lowest BCUT2D eigenvalue weighted by Gasteiger charge is -2.57. The number of hydrogen-bond donors (Lipinski definition) is 3. The molecule has 6 heteroatoms. The van der Waals surface area contributed by atoms with Gasteiger partial charge in [-0.25, -0.2) is 4.79 Å². The molecule has 3 rings (SSSR count). The van der Waals surface area contributed by atoms with Crippen molar-refractivity contribution in [1.29, 1.82) is 0 Å². The molecule has 0 bridgehead atoms. The summed E-state index contributed by atoms with van der Waals surface area (Å²) in [4.78, 5) is 21.9. The summed E-state index contributed by atoms with van der Waals surface area (Å²) in [6.07, 6.45) is 2.66. The summed E-state index contributed by atoms with van der Waals surface area (Å²) >= 11 is 0. The van der Waals surface area contributed by atoms with Gasteiger partial charge in [-0.2, -0.15) is 0 Å². The first-order valence-electron chi connectivity index (χ1n) is 7.02. The Balaban J connectivity index is 1.52. The number of primary amides is 1. The number of nitrogens with one attached hydrogen (secondary N) is 1. The average molecular weight is 290 g/mol. The van der Waals surface area contributed by atoms with Crippen molar-refractivity contribution < 1.29 is 19.4 Å². The smallest absolute Gasteiger partial charge is 0.404 e. The van der Waals surface area contributed by atoms with Crippen LogP contribution in [-0.2, 0) is 0 Å². The van der Waals surface area contributed by atoms with Gasteiger partial charge in [-0.3, -0.25) is 4.79 Å². The van der Waals surface area contributed by atoms with Crippen LogP contribution >= 0.6 is 0 Å². The van der Waals surface area contributed by atoms with Gasteiger partial charge in [0.2, 0.25) is 0 Å². The molecule has 2 aliphatic rings. The quantitative estimate of drug-likeness (QED) is 0.786. The maximum atomic E-state index is 11.3. The first kappa shape index (κ1) is 13.7. The standard InChI is InChI=1S/C15H18N2O4/c16-13(18)11-3-1-2-4-12(11)21-10-7-15(8-10)5-9(6-15)17-14(19)20/h1-4,9-10,17H,5-8H2,(H2,16,18)(H,19,20). The van der Waals surface area contributed by atoms with Crippen molar-refractivity contribution in [1.82, 2.24) is 5.32 Å². The van der Waals surface area contributed by atoms with E-state index >= 15 is 0 Å². The molecular weight excluding hydrogens is 272 g/mol. The number of para-hydroxylation sites is 1. The SMILES string of the molecule is NC(=O)c1ccccc1OC1CC2(CC(NC(=O)O)C2)C1. The molecule has 0 radical (unpaired) electrons. The summed E-state index contributed by atoms with van der Waals surface area (Å²) in [6.45, 7) is 0. The van der Waals surface area contributed by atoms with E-state index in [4.69, 9.17) is 15.6 Å². The molecule has 0 unspecified atom stereocenters. The van der Waals surface area contributed by atoms with Crippen LogP contribution in [0.1, 0.15) is 36.0 Å². The molecule has 4 N–H and O–H groups in total. The molecule has 0 aliphatic heterocycles. The topological polar surface area (TPSA) is 102 Å². The number of hydrogen-bond acceptors (Lipinski definition) is 3. The highest BCUT2D eigenvalue weighted by atomic mass is 16.5. The molecule has 0 heterocycles. The van der Waals surface area contributed by atoms with Gasteiger partial charge in [-0.15, -0.1) is 0 Å². The molecule has 112 valence electrons. The van der Waals surface area contributed by atoms with Crippen molar-refractivity contribution in [3.05, 3.63) is 29.8 Å². The number of benzene rings is 1. The number of ether oxygens (including phenoxy) is 1. The Bertz CT molecular complexity index is 573. The highest BCUT2D eigenvalue weighted by Gasteiger charge is 2.54. The minimum Gasteiger partial charge on any atom is -0.490 e. The van der Waals surface area contributed by atoms with Gasteiger partial charge in [-0.05, 0) is 43.2 Å². The molecule has 2 saturated carbocycles. The number of carbonyl (C=O) groups excluding carboxylic acids is 1. The lowest BCUT2D eigenvalue weighted by molar-refractivity contribution is -0.0838. The number of amides is 2. The summed E-state index contributed by atoms with van der Waals surface area (Å²) in [6, 6.07) is 7.04. The van der Waals surface area contributed by atoms with Crippen LogP contribution in [0.3, 0.4) is 0 Å². The number of rotatable bonds is 4. The van der Waals surface area contributed by atoms with Crippen LogP contribution < -0.4 is 15.8 Å². The number of carbonyl (C=O) groups is 2. The monoisotopic (exact) mass is 290 g/mol. The van der Waals surface area contributed by atoms with Gasteiger partial charge >= 0.3 is 6.09 Å². The van der Waals surface area contributed by atoms with Crippen LogP contribution in [0.4, 0.5) is 4.79 Å². The molecular formula is C15H18N2O4. The van der Waals surface area contributed by atoms with E-state index in [-0.39, 0.29) is 17.6 Å². The highest BCUT2D eigenvalue weighted by molar-refractivity contribution is 5.95. The number of carboxylic acid groups (broad SMARTS) is 1. The van der Waals surface area contributed by atoms with Gasteiger partial charge < -0.3 is 20.9 Å². The molecule has 1 spiro atoms. The molecule has 1 aromatic carbocycles. The summed E-state index contributed by atoms with van der Waals surface area (Å²) < 4.78 is 5.85. The van der Waals surface area contributed by atoms with Crippen LogP contribution in [-0.4, -0.2) is 29.3 Å². The number of nitrogens with two attached hydrogens (primary N) is 1. The summed E-state index contributed by atoms with van der Waals surface area (Å²) in [5, 5.41) is 11.2. The van der Waals surface area contributed by atoms with Crippen molar-refractivity contribution in [2.24, 2.45) is 11.1 Å². The lowest BCUT2D eigenvalue weighted by Crippen LogP contribution is -2.58. The molecule has 0 saturated heterocycles. The molecule has 2 aliphatic carbocycles. The van der Waals surface area contributed by atoms with Crippen LogP contribution in [0.5, 0.6) is 5.75 Å². The first-order valence-corrected chi connectivity index (χ1v) is 7.02. The van der Waals surface area contributed by atoms with Gasteiger partial charge in [0.05, 0.1) is 11.7 Å². The summed E-state index contributed by atoms with van der Waals surface area (Å²) in [7, 11) is 0. The van der Waals surface area contributed by atoms with E-state index in [1.165, 1.54) is 0 Å². The summed E-state index contributed by atoms with van der Waals surface area (Å²) in [5.74, 6) is 0.0402. The first-order chi connectivity index (χ1) is 9.97. The molecule has 0 aromatic heterocycles. The van der Waals surface area contributed by atoms with Gasteiger partial charge in [0.25, 0.3) is 5.91 Å². The Labute approximate surface area is 122 Å². The molecule has 21 heavy (non-hydrogen) atoms. The second kappa shape index (κ2) is 4.95. The molecule has 6 nitrogen and oxygen atoms in total. The fraction of sp³-hybridized carbons (Fsp3) is 0.467. The maximum Gasteiger partial charge on any atom is 0.404 e. The van der Waals surface area contributed by atoms with Crippen molar-refractivity contribution in [3.8, 4) is 5.75 Å². The van der Waals surface area contributed by atoms with Crippen LogP contribution in [0.2, 0.25) is 0 Å². The Kier molecular flexibility index (Phi) is 3.23. The fourth-order valence-electron chi connectivity index (χ4n) is 3.54. The molecule has 1 aromatic rings. The van der Waals surface area contributed by atoms with Gasteiger partial charge in [0.15, 0.2) is 0 Å². The van der Waals surface area contributed by atoms with E-state index in [0.717, 1.165) is 25.7 Å². The fourth-order valence-corrected chi connectivity index (χ4v) is 3.54.